The number of aliphatic carboxylic acids is 1. The highest BCUT2D eigenvalue weighted by molar-refractivity contribution is 5.83. The SMILES string of the molecule is CCC(C(=O)O)C(C)(C)C(=O)OCc1ccccc1. The van der Waals surface area contributed by atoms with Crippen molar-refractivity contribution in [3.8, 4) is 0 Å². The smallest absolute Gasteiger partial charge is 0.312 e. The fourth-order valence-corrected chi connectivity index (χ4v) is 2.04. The predicted molar refractivity (Wildman–Crippen MR) is 71.4 cm³/mol. The molecule has 0 aliphatic heterocycles. The van der Waals surface area contributed by atoms with Crippen LogP contribution in [0.1, 0.15) is 32.8 Å². The standard InChI is InChI=1S/C15H20O4/c1-4-12(13(16)17)15(2,3)14(18)19-10-11-8-6-5-7-9-11/h5-9,12H,4,10H2,1-3H3,(H,16,17). The molecule has 1 rings (SSSR count). The molecule has 1 aromatic rings. The van der Waals surface area contributed by atoms with Gasteiger partial charge in [0.2, 0.25) is 0 Å². The van der Waals surface area contributed by atoms with Gasteiger partial charge in [0.15, 0.2) is 0 Å². The second kappa shape index (κ2) is 6.36. The van der Waals surface area contributed by atoms with E-state index in [1.807, 2.05) is 30.3 Å². The number of carbonyl (C=O) groups excluding carboxylic acids is 1. The van der Waals surface area contributed by atoms with Crippen molar-refractivity contribution in [2.45, 2.75) is 33.8 Å². The van der Waals surface area contributed by atoms with Crippen LogP contribution in [-0.4, -0.2) is 17.0 Å². The first kappa shape index (κ1) is 15.2. The summed E-state index contributed by atoms with van der Waals surface area (Å²) in [6, 6.07) is 9.32. The van der Waals surface area contributed by atoms with Crippen LogP contribution in [-0.2, 0) is 20.9 Å². The Morgan fingerprint density at radius 1 is 1.26 bits per heavy atom. The molecule has 0 aliphatic carbocycles. The average molecular weight is 264 g/mol. The summed E-state index contributed by atoms with van der Waals surface area (Å²) >= 11 is 0. The number of hydrogen-bond acceptors (Lipinski definition) is 3. The van der Waals surface area contributed by atoms with Crippen molar-refractivity contribution < 1.29 is 19.4 Å². The molecule has 0 fully saturated rings. The highest BCUT2D eigenvalue weighted by Gasteiger charge is 2.41. The lowest BCUT2D eigenvalue weighted by atomic mass is 9.77. The number of hydrogen-bond donors (Lipinski definition) is 1. The molecule has 0 heterocycles. The third kappa shape index (κ3) is 3.81. The molecule has 0 amide bonds. The molecule has 0 bridgehead atoms. The summed E-state index contributed by atoms with van der Waals surface area (Å²) in [4.78, 5) is 23.2. The van der Waals surface area contributed by atoms with E-state index in [4.69, 9.17) is 9.84 Å². The zero-order valence-electron chi connectivity index (χ0n) is 11.6. The summed E-state index contributed by atoms with van der Waals surface area (Å²) in [6.07, 6.45) is 0.392. The number of rotatable bonds is 6. The van der Waals surface area contributed by atoms with E-state index in [0.29, 0.717) is 6.42 Å². The average Bonchev–Trinajstić information content (AvgIpc) is 2.37. The highest BCUT2D eigenvalue weighted by Crippen LogP contribution is 2.31. The summed E-state index contributed by atoms with van der Waals surface area (Å²) in [5.41, 5.74) is -0.148. The molecular formula is C15H20O4. The highest BCUT2D eigenvalue weighted by atomic mass is 16.5. The third-order valence-corrected chi connectivity index (χ3v) is 3.32. The molecule has 4 heteroatoms. The van der Waals surface area contributed by atoms with E-state index >= 15 is 0 Å². The normalized spacial score (nSPS) is 12.8. The van der Waals surface area contributed by atoms with Gasteiger partial charge in [0.1, 0.15) is 6.61 Å². The lowest BCUT2D eigenvalue weighted by molar-refractivity contribution is -0.166. The molecule has 104 valence electrons. The van der Waals surface area contributed by atoms with Gasteiger partial charge in [0.25, 0.3) is 0 Å². The Morgan fingerprint density at radius 3 is 2.32 bits per heavy atom. The first-order valence-corrected chi connectivity index (χ1v) is 6.33. The van der Waals surface area contributed by atoms with E-state index < -0.39 is 23.3 Å². The van der Waals surface area contributed by atoms with Crippen LogP contribution in [0.2, 0.25) is 0 Å². The fourth-order valence-electron chi connectivity index (χ4n) is 2.04. The largest absolute Gasteiger partial charge is 0.481 e. The van der Waals surface area contributed by atoms with Crippen LogP contribution in [0.4, 0.5) is 0 Å². The number of carboxylic acid groups (broad SMARTS) is 1. The Balaban J connectivity index is 2.68. The first-order valence-electron chi connectivity index (χ1n) is 6.33. The van der Waals surface area contributed by atoms with Gasteiger partial charge in [0.05, 0.1) is 11.3 Å². The topological polar surface area (TPSA) is 63.6 Å². The molecule has 0 saturated carbocycles. The minimum absolute atomic E-state index is 0.166. The van der Waals surface area contributed by atoms with Crippen LogP contribution in [0, 0.1) is 11.3 Å². The van der Waals surface area contributed by atoms with E-state index in [-0.39, 0.29) is 6.61 Å². The quantitative estimate of drug-likeness (QED) is 0.802. The summed E-state index contributed by atoms with van der Waals surface area (Å²) in [5, 5.41) is 9.14. The molecule has 1 N–H and O–H groups in total. The molecule has 0 saturated heterocycles. The minimum atomic E-state index is -1.03. The van der Waals surface area contributed by atoms with Crippen molar-refractivity contribution in [3.05, 3.63) is 35.9 Å². The maximum atomic E-state index is 12.1. The Kier molecular flexibility index (Phi) is 5.10. The van der Waals surface area contributed by atoms with Gasteiger partial charge in [-0.1, -0.05) is 37.3 Å². The van der Waals surface area contributed by atoms with Gasteiger partial charge >= 0.3 is 11.9 Å². The monoisotopic (exact) mass is 264 g/mol. The van der Waals surface area contributed by atoms with Crippen LogP contribution < -0.4 is 0 Å². The van der Waals surface area contributed by atoms with E-state index in [2.05, 4.69) is 0 Å². The van der Waals surface area contributed by atoms with Crippen LogP contribution in [0.15, 0.2) is 30.3 Å². The molecule has 19 heavy (non-hydrogen) atoms. The first-order chi connectivity index (χ1) is 8.89. The Labute approximate surface area is 113 Å². The van der Waals surface area contributed by atoms with Crippen molar-refractivity contribution in [1.29, 1.82) is 0 Å². The molecule has 0 spiro atoms. The van der Waals surface area contributed by atoms with Crippen molar-refractivity contribution in [1.82, 2.24) is 0 Å². The predicted octanol–water partition coefficient (Wildman–Crippen LogP) is 2.87. The zero-order chi connectivity index (χ0) is 14.5. The second-order valence-electron chi connectivity index (χ2n) is 5.08. The summed E-state index contributed by atoms with van der Waals surface area (Å²) in [6.45, 7) is 5.15. The lowest BCUT2D eigenvalue weighted by Gasteiger charge is -2.28. The molecular weight excluding hydrogens is 244 g/mol. The van der Waals surface area contributed by atoms with Crippen LogP contribution >= 0.6 is 0 Å². The summed E-state index contributed by atoms with van der Waals surface area (Å²) in [7, 11) is 0. The Hall–Kier alpha value is -1.84. The van der Waals surface area contributed by atoms with Gasteiger partial charge < -0.3 is 9.84 Å². The zero-order valence-corrected chi connectivity index (χ0v) is 11.6. The molecule has 1 unspecified atom stereocenters. The van der Waals surface area contributed by atoms with Gasteiger partial charge in [-0.25, -0.2) is 0 Å². The van der Waals surface area contributed by atoms with Crippen molar-refractivity contribution in [2.75, 3.05) is 0 Å². The third-order valence-electron chi connectivity index (χ3n) is 3.32. The maximum Gasteiger partial charge on any atom is 0.312 e. The van der Waals surface area contributed by atoms with E-state index in [9.17, 15) is 9.59 Å². The fraction of sp³-hybridized carbons (Fsp3) is 0.467. The van der Waals surface area contributed by atoms with Crippen molar-refractivity contribution >= 4 is 11.9 Å². The summed E-state index contributed by atoms with van der Waals surface area (Å²) in [5.74, 6) is -2.19. The minimum Gasteiger partial charge on any atom is -0.481 e. The van der Waals surface area contributed by atoms with E-state index in [1.54, 1.807) is 20.8 Å². The number of ether oxygens (including phenoxy) is 1. The molecule has 0 aliphatic rings. The number of benzene rings is 1. The molecule has 4 nitrogen and oxygen atoms in total. The van der Waals surface area contributed by atoms with Crippen LogP contribution in [0.5, 0.6) is 0 Å². The molecule has 1 atom stereocenters. The van der Waals surface area contributed by atoms with Gasteiger partial charge in [0, 0.05) is 0 Å². The van der Waals surface area contributed by atoms with Gasteiger partial charge in [-0.05, 0) is 25.8 Å². The van der Waals surface area contributed by atoms with E-state index in [0.717, 1.165) is 5.56 Å². The maximum absolute atomic E-state index is 12.1. The van der Waals surface area contributed by atoms with Gasteiger partial charge in [-0.2, -0.15) is 0 Å². The second-order valence-corrected chi connectivity index (χ2v) is 5.08. The molecule has 1 aromatic carbocycles. The van der Waals surface area contributed by atoms with Crippen molar-refractivity contribution in [3.63, 3.8) is 0 Å². The lowest BCUT2D eigenvalue weighted by Crippen LogP contribution is -2.38. The Bertz CT molecular complexity index is 437. The van der Waals surface area contributed by atoms with Gasteiger partial charge in [-0.3, -0.25) is 9.59 Å². The van der Waals surface area contributed by atoms with Crippen LogP contribution in [0.25, 0.3) is 0 Å². The number of esters is 1. The van der Waals surface area contributed by atoms with Gasteiger partial charge in [-0.15, -0.1) is 0 Å². The van der Waals surface area contributed by atoms with Crippen molar-refractivity contribution in [2.24, 2.45) is 11.3 Å². The number of carboxylic acids is 1. The molecule has 0 radical (unpaired) electrons. The summed E-state index contributed by atoms with van der Waals surface area (Å²) < 4.78 is 5.22. The molecule has 0 aromatic heterocycles. The van der Waals surface area contributed by atoms with E-state index in [1.165, 1.54) is 0 Å². The Morgan fingerprint density at radius 2 is 1.84 bits per heavy atom. The van der Waals surface area contributed by atoms with Crippen LogP contribution in [0.3, 0.4) is 0 Å². The number of carbonyl (C=O) groups is 2.